The van der Waals surface area contributed by atoms with E-state index in [-0.39, 0.29) is 17.9 Å². The molecule has 2 aromatic carbocycles. The maximum absolute atomic E-state index is 14.0. The minimum absolute atomic E-state index is 0.0675. The lowest BCUT2D eigenvalue weighted by Crippen LogP contribution is -2.65. The summed E-state index contributed by atoms with van der Waals surface area (Å²) in [6.45, 7) is 6.37. The van der Waals surface area contributed by atoms with Crippen LogP contribution in [0.5, 0.6) is 0 Å². The molecule has 2 aliphatic rings. The van der Waals surface area contributed by atoms with E-state index in [0.717, 1.165) is 53.4 Å². The molecule has 5 heteroatoms. The highest BCUT2D eigenvalue weighted by molar-refractivity contribution is 6.14. The molecule has 0 spiro atoms. The van der Waals surface area contributed by atoms with Crippen molar-refractivity contribution in [1.29, 1.82) is 0 Å². The fraction of sp³-hybridized carbons (Fsp3) is 0.407. The first-order chi connectivity index (χ1) is 15.4. The molecule has 5 nitrogen and oxygen atoms in total. The smallest absolute Gasteiger partial charge is 0.275 e. The topological polar surface area (TPSA) is 54.3 Å². The number of carbonyl (C=O) groups excluding carboxylic acids is 2. The first kappa shape index (κ1) is 20.8. The van der Waals surface area contributed by atoms with Gasteiger partial charge in [-0.2, -0.15) is 0 Å². The number of aryl methyl sites for hydroxylation is 2. The number of benzene rings is 2. The highest BCUT2D eigenvalue weighted by Gasteiger charge is 2.49. The molecular formula is C27H31N3O2. The summed E-state index contributed by atoms with van der Waals surface area (Å²) in [7, 11) is 0. The van der Waals surface area contributed by atoms with Crippen LogP contribution in [-0.4, -0.2) is 28.0 Å². The second-order valence-corrected chi connectivity index (χ2v) is 9.69. The maximum Gasteiger partial charge on any atom is 0.275 e. The lowest BCUT2D eigenvalue weighted by Gasteiger charge is -2.45. The van der Waals surface area contributed by atoms with E-state index >= 15 is 0 Å². The van der Waals surface area contributed by atoms with Gasteiger partial charge in [-0.15, -0.1) is 0 Å². The second-order valence-electron chi connectivity index (χ2n) is 9.69. The summed E-state index contributed by atoms with van der Waals surface area (Å²) < 4.78 is 2.03. The Morgan fingerprint density at radius 3 is 2.56 bits per heavy atom. The van der Waals surface area contributed by atoms with Gasteiger partial charge in [0.2, 0.25) is 5.91 Å². The van der Waals surface area contributed by atoms with Crippen LogP contribution in [-0.2, 0) is 11.3 Å². The van der Waals surface area contributed by atoms with Gasteiger partial charge in [0.25, 0.3) is 5.91 Å². The molecule has 2 amide bonds. The molecule has 1 aromatic heterocycles. The first-order valence-corrected chi connectivity index (χ1v) is 11.7. The van der Waals surface area contributed by atoms with Crippen molar-refractivity contribution in [2.75, 3.05) is 4.90 Å². The Bertz CT molecular complexity index is 1200. The molecule has 1 aliphatic carbocycles. The summed E-state index contributed by atoms with van der Waals surface area (Å²) in [5, 5.41) is 4.33. The standard InChI is InChI=1S/C27H31N3O2/c1-18-13-14-19(2)23(15-18)30-25(31)24-16-20-9-7-8-12-22(20)29(24)17-27(30,3)26(32)28-21-10-5-4-6-11-21/h7-9,12-16,21H,4-6,10-11,17H2,1-3H3,(H,28,32). The van der Waals surface area contributed by atoms with Crippen molar-refractivity contribution in [1.82, 2.24) is 9.88 Å². The number of rotatable bonds is 3. The van der Waals surface area contributed by atoms with Crippen LogP contribution in [0.4, 0.5) is 5.69 Å². The average Bonchev–Trinajstić information content (AvgIpc) is 3.15. The molecule has 0 saturated heterocycles. The Labute approximate surface area is 189 Å². The van der Waals surface area contributed by atoms with Gasteiger partial charge < -0.3 is 9.88 Å². The molecule has 0 bridgehead atoms. The minimum atomic E-state index is -1.03. The highest BCUT2D eigenvalue weighted by Crippen LogP contribution is 2.38. The van der Waals surface area contributed by atoms with Gasteiger partial charge in [-0.25, -0.2) is 0 Å². The molecule has 1 atom stereocenters. The third kappa shape index (κ3) is 3.31. The summed E-state index contributed by atoms with van der Waals surface area (Å²) in [6.07, 6.45) is 5.55. The van der Waals surface area contributed by atoms with Crippen molar-refractivity contribution in [3.63, 3.8) is 0 Å². The van der Waals surface area contributed by atoms with Crippen LogP contribution < -0.4 is 10.2 Å². The molecule has 1 N–H and O–H groups in total. The van der Waals surface area contributed by atoms with Crippen LogP contribution >= 0.6 is 0 Å². The van der Waals surface area contributed by atoms with E-state index in [1.54, 1.807) is 4.90 Å². The molecule has 2 heterocycles. The van der Waals surface area contributed by atoms with E-state index in [4.69, 9.17) is 0 Å². The van der Waals surface area contributed by atoms with Gasteiger partial charge >= 0.3 is 0 Å². The molecule has 32 heavy (non-hydrogen) atoms. The van der Waals surface area contributed by atoms with Gasteiger partial charge in [0, 0.05) is 22.6 Å². The quantitative estimate of drug-likeness (QED) is 0.628. The van der Waals surface area contributed by atoms with Gasteiger partial charge in [0.1, 0.15) is 11.2 Å². The first-order valence-electron chi connectivity index (χ1n) is 11.7. The van der Waals surface area contributed by atoms with Crippen molar-refractivity contribution >= 4 is 28.4 Å². The third-order valence-electron chi connectivity index (χ3n) is 7.23. The predicted molar refractivity (Wildman–Crippen MR) is 128 cm³/mol. The molecule has 0 radical (unpaired) electrons. The molecular weight excluding hydrogens is 398 g/mol. The number of hydrogen-bond acceptors (Lipinski definition) is 2. The number of fused-ring (bicyclic) bond motifs is 3. The summed E-state index contributed by atoms with van der Waals surface area (Å²) in [5.41, 5.74) is 3.47. The Balaban J connectivity index is 1.64. The Morgan fingerprint density at radius 2 is 1.78 bits per heavy atom. The molecule has 1 aliphatic heterocycles. The molecule has 166 valence electrons. The van der Waals surface area contributed by atoms with Crippen LogP contribution in [0.3, 0.4) is 0 Å². The number of para-hydroxylation sites is 1. The third-order valence-corrected chi connectivity index (χ3v) is 7.23. The number of anilines is 1. The zero-order valence-corrected chi connectivity index (χ0v) is 19.1. The number of nitrogens with one attached hydrogen (secondary N) is 1. The maximum atomic E-state index is 14.0. The summed E-state index contributed by atoms with van der Waals surface area (Å²) in [4.78, 5) is 29.6. The van der Waals surface area contributed by atoms with Crippen LogP contribution in [0.2, 0.25) is 0 Å². The normalized spacial score (nSPS) is 21.6. The second kappa shape index (κ2) is 7.80. The molecule has 1 fully saturated rings. The predicted octanol–water partition coefficient (Wildman–Crippen LogP) is 5.13. The summed E-state index contributed by atoms with van der Waals surface area (Å²) in [5.74, 6) is -0.190. The summed E-state index contributed by atoms with van der Waals surface area (Å²) >= 11 is 0. The summed E-state index contributed by atoms with van der Waals surface area (Å²) in [6, 6.07) is 16.3. The van der Waals surface area contributed by atoms with E-state index in [1.807, 2.05) is 73.9 Å². The Kier molecular flexibility index (Phi) is 5.07. The van der Waals surface area contributed by atoms with E-state index in [9.17, 15) is 9.59 Å². The molecule has 1 unspecified atom stereocenters. The molecule has 1 saturated carbocycles. The zero-order chi connectivity index (χ0) is 22.5. The van der Waals surface area contributed by atoms with E-state index in [1.165, 1.54) is 6.42 Å². The van der Waals surface area contributed by atoms with E-state index in [0.29, 0.717) is 12.2 Å². The zero-order valence-electron chi connectivity index (χ0n) is 19.1. The van der Waals surface area contributed by atoms with Crippen LogP contribution in [0.15, 0.2) is 48.5 Å². The van der Waals surface area contributed by atoms with Crippen molar-refractivity contribution in [3.8, 4) is 0 Å². The van der Waals surface area contributed by atoms with Crippen molar-refractivity contribution in [2.45, 2.75) is 71.0 Å². The number of carbonyl (C=O) groups is 2. The SMILES string of the molecule is Cc1ccc(C)c(N2C(=O)c3cc4ccccc4n3CC2(C)C(=O)NC2CCCCC2)c1. The fourth-order valence-corrected chi connectivity index (χ4v) is 5.37. The lowest BCUT2D eigenvalue weighted by molar-refractivity contribution is -0.127. The average molecular weight is 430 g/mol. The minimum Gasteiger partial charge on any atom is -0.351 e. The number of hydrogen-bond donors (Lipinski definition) is 1. The van der Waals surface area contributed by atoms with Gasteiger partial charge in [0.15, 0.2) is 0 Å². The fourth-order valence-electron chi connectivity index (χ4n) is 5.37. The number of amides is 2. The van der Waals surface area contributed by atoms with Crippen molar-refractivity contribution in [2.24, 2.45) is 0 Å². The van der Waals surface area contributed by atoms with E-state index < -0.39 is 5.54 Å². The van der Waals surface area contributed by atoms with Gasteiger partial charge in [-0.05, 0) is 62.9 Å². The monoisotopic (exact) mass is 429 g/mol. The number of nitrogens with zero attached hydrogens (tertiary/aromatic N) is 2. The number of aromatic nitrogens is 1. The Morgan fingerprint density at radius 1 is 1.03 bits per heavy atom. The van der Waals surface area contributed by atoms with Crippen LogP contribution in [0, 0.1) is 13.8 Å². The van der Waals surface area contributed by atoms with Crippen molar-refractivity contribution < 1.29 is 9.59 Å². The van der Waals surface area contributed by atoms with Crippen molar-refractivity contribution in [3.05, 3.63) is 65.4 Å². The lowest BCUT2D eigenvalue weighted by atomic mass is 9.90. The Hall–Kier alpha value is -3.08. The largest absolute Gasteiger partial charge is 0.351 e. The van der Waals surface area contributed by atoms with Gasteiger partial charge in [-0.1, -0.05) is 49.6 Å². The van der Waals surface area contributed by atoms with Gasteiger partial charge in [0.05, 0.1) is 6.54 Å². The van der Waals surface area contributed by atoms with E-state index in [2.05, 4.69) is 5.32 Å². The highest BCUT2D eigenvalue weighted by atomic mass is 16.2. The van der Waals surface area contributed by atoms with Crippen LogP contribution in [0.1, 0.15) is 60.6 Å². The molecule has 3 aromatic rings. The molecule has 5 rings (SSSR count). The van der Waals surface area contributed by atoms with Crippen LogP contribution in [0.25, 0.3) is 10.9 Å². The van der Waals surface area contributed by atoms with Gasteiger partial charge in [-0.3, -0.25) is 14.5 Å².